The van der Waals surface area contributed by atoms with Crippen LogP contribution in [0.15, 0.2) is 30.6 Å². The van der Waals surface area contributed by atoms with E-state index in [9.17, 15) is 4.79 Å². The molecule has 5 nitrogen and oxygen atoms in total. The molecule has 2 aromatic rings. The molecule has 0 radical (unpaired) electrons. The fourth-order valence-corrected chi connectivity index (χ4v) is 2.99. The first kappa shape index (κ1) is 13.1. The summed E-state index contributed by atoms with van der Waals surface area (Å²) in [6, 6.07) is 7.94. The Bertz CT molecular complexity index is 632. The van der Waals surface area contributed by atoms with E-state index in [-0.39, 0.29) is 5.91 Å². The summed E-state index contributed by atoms with van der Waals surface area (Å²) in [5.41, 5.74) is 7.05. The van der Waals surface area contributed by atoms with Gasteiger partial charge in [0.2, 0.25) is 5.91 Å². The average Bonchev–Trinajstić information content (AvgIpc) is 3.21. The number of carbonyl (C=O) groups excluding carboxylic acids is 1. The molecule has 1 aromatic heterocycles. The van der Waals surface area contributed by atoms with E-state index >= 15 is 0 Å². The minimum Gasteiger partial charge on any atom is -0.368 e. The third-order valence-corrected chi connectivity index (χ3v) is 4.15. The van der Waals surface area contributed by atoms with Gasteiger partial charge < -0.3 is 15.6 Å². The topological polar surface area (TPSA) is 72.9 Å². The predicted molar refractivity (Wildman–Crippen MR) is 78.1 cm³/mol. The Morgan fingerprint density at radius 2 is 2.25 bits per heavy atom. The SMILES string of the molecule is CCNC(Cn1cnc2ccccc21)(C(N)=O)C1CC1. The average molecular weight is 272 g/mol. The fourth-order valence-electron chi connectivity index (χ4n) is 2.99. The van der Waals surface area contributed by atoms with Gasteiger partial charge >= 0.3 is 0 Å². The lowest BCUT2D eigenvalue weighted by molar-refractivity contribution is -0.126. The van der Waals surface area contributed by atoms with Gasteiger partial charge in [0, 0.05) is 0 Å². The highest BCUT2D eigenvalue weighted by Crippen LogP contribution is 2.41. The molecule has 1 unspecified atom stereocenters. The van der Waals surface area contributed by atoms with Crippen molar-refractivity contribution in [3.8, 4) is 0 Å². The second-order valence-electron chi connectivity index (χ2n) is 5.50. The van der Waals surface area contributed by atoms with Gasteiger partial charge in [-0.15, -0.1) is 0 Å². The monoisotopic (exact) mass is 272 g/mol. The van der Waals surface area contributed by atoms with Crippen molar-refractivity contribution in [2.45, 2.75) is 31.8 Å². The van der Waals surface area contributed by atoms with E-state index in [0.717, 1.165) is 30.4 Å². The fraction of sp³-hybridized carbons (Fsp3) is 0.467. The molecule has 1 aliphatic carbocycles. The number of nitrogens with zero attached hydrogens (tertiary/aromatic N) is 2. The molecule has 5 heteroatoms. The minimum absolute atomic E-state index is 0.264. The van der Waals surface area contributed by atoms with E-state index in [1.807, 2.05) is 35.8 Å². The van der Waals surface area contributed by atoms with Gasteiger partial charge in [0.05, 0.1) is 23.9 Å². The van der Waals surface area contributed by atoms with Gasteiger partial charge in [-0.3, -0.25) is 4.79 Å². The summed E-state index contributed by atoms with van der Waals surface area (Å²) in [7, 11) is 0. The number of likely N-dealkylation sites (N-methyl/N-ethyl adjacent to an activating group) is 1. The lowest BCUT2D eigenvalue weighted by Crippen LogP contribution is -2.59. The molecular weight excluding hydrogens is 252 g/mol. The van der Waals surface area contributed by atoms with Crippen LogP contribution < -0.4 is 11.1 Å². The normalized spacial score (nSPS) is 18.1. The van der Waals surface area contributed by atoms with Crippen molar-refractivity contribution < 1.29 is 4.79 Å². The third kappa shape index (κ3) is 2.08. The van der Waals surface area contributed by atoms with E-state index < -0.39 is 5.54 Å². The molecule has 1 aliphatic rings. The van der Waals surface area contributed by atoms with Crippen molar-refractivity contribution >= 4 is 16.9 Å². The van der Waals surface area contributed by atoms with Crippen LogP contribution in [-0.2, 0) is 11.3 Å². The zero-order valence-corrected chi connectivity index (χ0v) is 11.7. The molecule has 106 valence electrons. The molecule has 1 amide bonds. The molecule has 1 heterocycles. The van der Waals surface area contributed by atoms with Gasteiger partial charge in [-0.25, -0.2) is 4.98 Å². The number of hydrogen-bond acceptors (Lipinski definition) is 3. The van der Waals surface area contributed by atoms with Crippen LogP contribution in [0, 0.1) is 5.92 Å². The minimum atomic E-state index is -0.655. The van der Waals surface area contributed by atoms with E-state index in [0.29, 0.717) is 12.5 Å². The van der Waals surface area contributed by atoms with Crippen molar-refractivity contribution in [1.82, 2.24) is 14.9 Å². The summed E-state index contributed by atoms with van der Waals surface area (Å²) in [6.07, 6.45) is 3.91. The molecular formula is C15H20N4O. The summed E-state index contributed by atoms with van der Waals surface area (Å²) in [4.78, 5) is 16.5. The van der Waals surface area contributed by atoms with E-state index in [4.69, 9.17) is 5.73 Å². The van der Waals surface area contributed by atoms with Crippen LogP contribution in [-0.4, -0.2) is 27.5 Å². The number of benzene rings is 1. The first-order valence-corrected chi connectivity index (χ1v) is 7.12. The number of rotatable bonds is 6. The molecule has 3 N–H and O–H groups in total. The smallest absolute Gasteiger partial charge is 0.239 e. The molecule has 0 aliphatic heterocycles. The largest absolute Gasteiger partial charge is 0.368 e. The number of amides is 1. The Morgan fingerprint density at radius 1 is 1.50 bits per heavy atom. The van der Waals surface area contributed by atoms with Crippen molar-refractivity contribution in [2.24, 2.45) is 11.7 Å². The molecule has 1 atom stereocenters. The lowest BCUT2D eigenvalue weighted by atomic mass is 9.91. The van der Waals surface area contributed by atoms with Crippen molar-refractivity contribution in [3.63, 3.8) is 0 Å². The highest BCUT2D eigenvalue weighted by molar-refractivity contribution is 5.86. The first-order valence-electron chi connectivity index (χ1n) is 7.12. The van der Waals surface area contributed by atoms with Gasteiger partial charge in [0.1, 0.15) is 5.54 Å². The second-order valence-corrected chi connectivity index (χ2v) is 5.50. The van der Waals surface area contributed by atoms with Gasteiger partial charge in [0.15, 0.2) is 0 Å². The molecule has 20 heavy (non-hydrogen) atoms. The number of aromatic nitrogens is 2. The highest BCUT2D eigenvalue weighted by atomic mass is 16.1. The Labute approximate surface area is 118 Å². The Hall–Kier alpha value is -1.88. The van der Waals surface area contributed by atoms with E-state index in [2.05, 4.69) is 10.3 Å². The number of imidazole rings is 1. The van der Waals surface area contributed by atoms with Gasteiger partial charge in [-0.1, -0.05) is 19.1 Å². The van der Waals surface area contributed by atoms with Crippen LogP contribution in [0.4, 0.5) is 0 Å². The summed E-state index contributed by atoms with van der Waals surface area (Å²) < 4.78 is 2.03. The van der Waals surface area contributed by atoms with Crippen molar-refractivity contribution in [1.29, 1.82) is 0 Å². The van der Waals surface area contributed by atoms with Gasteiger partial charge in [-0.2, -0.15) is 0 Å². The standard InChI is InChI=1S/C15H20N4O/c1-2-18-15(14(16)20,11-7-8-11)9-19-10-17-12-5-3-4-6-13(12)19/h3-6,10-11,18H,2,7-9H2,1H3,(H2,16,20). The first-order chi connectivity index (χ1) is 9.67. The number of nitrogens with one attached hydrogen (secondary N) is 1. The maximum Gasteiger partial charge on any atom is 0.239 e. The number of para-hydroxylation sites is 2. The number of fused-ring (bicyclic) bond motifs is 1. The Kier molecular flexibility index (Phi) is 3.22. The molecule has 0 spiro atoms. The number of carbonyl (C=O) groups is 1. The number of primary amides is 1. The van der Waals surface area contributed by atoms with Crippen LogP contribution in [0.25, 0.3) is 11.0 Å². The van der Waals surface area contributed by atoms with Gasteiger partial charge in [0.25, 0.3) is 0 Å². The second kappa shape index (κ2) is 4.90. The molecule has 0 bridgehead atoms. The van der Waals surface area contributed by atoms with Crippen LogP contribution in [0.1, 0.15) is 19.8 Å². The third-order valence-electron chi connectivity index (χ3n) is 4.15. The zero-order chi connectivity index (χ0) is 14.2. The van der Waals surface area contributed by atoms with Crippen LogP contribution in [0.5, 0.6) is 0 Å². The molecule has 3 rings (SSSR count). The molecule has 1 saturated carbocycles. The molecule has 0 saturated heterocycles. The lowest BCUT2D eigenvalue weighted by Gasteiger charge is -2.32. The summed E-state index contributed by atoms with van der Waals surface area (Å²) in [5, 5.41) is 3.34. The number of nitrogens with two attached hydrogens (primary N) is 1. The summed E-state index contributed by atoms with van der Waals surface area (Å²) >= 11 is 0. The maximum atomic E-state index is 12.1. The van der Waals surface area contributed by atoms with Gasteiger partial charge in [-0.05, 0) is 37.4 Å². The van der Waals surface area contributed by atoms with E-state index in [1.54, 1.807) is 6.33 Å². The summed E-state index contributed by atoms with van der Waals surface area (Å²) in [6.45, 7) is 3.28. The maximum absolute atomic E-state index is 12.1. The van der Waals surface area contributed by atoms with Crippen LogP contribution >= 0.6 is 0 Å². The predicted octanol–water partition coefficient (Wildman–Crippen LogP) is 1.28. The molecule has 1 aromatic carbocycles. The van der Waals surface area contributed by atoms with Crippen molar-refractivity contribution in [3.05, 3.63) is 30.6 Å². The van der Waals surface area contributed by atoms with Crippen LogP contribution in [0.3, 0.4) is 0 Å². The highest BCUT2D eigenvalue weighted by Gasteiger charge is 2.49. The Balaban J connectivity index is 1.99. The zero-order valence-electron chi connectivity index (χ0n) is 11.7. The van der Waals surface area contributed by atoms with Crippen molar-refractivity contribution in [2.75, 3.05) is 6.54 Å². The molecule has 1 fully saturated rings. The summed E-state index contributed by atoms with van der Waals surface area (Å²) in [5.74, 6) is 0.0701. The quantitative estimate of drug-likeness (QED) is 0.832. The number of hydrogen-bond donors (Lipinski definition) is 2. The van der Waals surface area contributed by atoms with Crippen LogP contribution in [0.2, 0.25) is 0 Å². The van der Waals surface area contributed by atoms with E-state index in [1.165, 1.54) is 0 Å². The Morgan fingerprint density at radius 3 is 2.90 bits per heavy atom.